The molecule has 3 heterocycles. The number of benzene rings is 1. The summed E-state index contributed by atoms with van der Waals surface area (Å²) in [5, 5.41) is 0.404. The molecule has 1 atom stereocenters. The number of rotatable bonds is 0. The van der Waals surface area contributed by atoms with Crippen molar-refractivity contribution in [3.05, 3.63) is 44.8 Å². The number of nitrogens with zero attached hydrogens (tertiary/aromatic N) is 2. The van der Waals surface area contributed by atoms with E-state index in [9.17, 15) is 13.6 Å². The predicted octanol–water partition coefficient (Wildman–Crippen LogP) is 3.00. The molecule has 0 radical (unpaired) electrons. The number of aromatic nitrogens is 1. The molecule has 4 nitrogen and oxygen atoms in total. The minimum absolute atomic E-state index is 0.0786. The van der Waals surface area contributed by atoms with Gasteiger partial charge in [-0.2, -0.15) is 0 Å². The lowest BCUT2D eigenvalue weighted by atomic mass is 9.86. The smallest absolute Gasteiger partial charge is 0.293 e. The number of pyridine rings is 1. The van der Waals surface area contributed by atoms with Crippen LogP contribution in [-0.2, 0) is 7.05 Å². The molecule has 25 heavy (non-hydrogen) atoms. The van der Waals surface area contributed by atoms with Gasteiger partial charge in [0.2, 0.25) is 0 Å². The number of hydrogen-bond donors (Lipinski definition) is 0. The molecule has 0 N–H and O–H groups in total. The predicted molar refractivity (Wildman–Crippen MR) is 93.0 cm³/mol. The third-order valence-electron chi connectivity index (χ3n) is 5.56. The molecule has 2 aromatic rings. The van der Waals surface area contributed by atoms with E-state index < -0.39 is 11.6 Å². The molecule has 0 saturated heterocycles. The molecule has 0 bridgehead atoms. The summed E-state index contributed by atoms with van der Waals surface area (Å²) in [5.41, 5.74) is 2.31. The van der Waals surface area contributed by atoms with Gasteiger partial charge in [0, 0.05) is 36.1 Å². The number of ether oxygens (including phenoxy) is 1. The van der Waals surface area contributed by atoms with E-state index in [0.717, 1.165) is 24.1 Å². The van der Waals surface area contributed by atoms with E-state index in [1.165, 1.54) is 24.6 Å². The number of halogens is 2. The van der Waals surface area contributed by atoms with Gasteiger partial charge < -0.3 is 9.30 Å². The van der Waals surface area contributed by atoms with Gasteiger partial charge in [0.05, 0.1) is 5.52 Å². The summed E-state index contributed by atoms with van der Waals surface area (Å²) in [4.78, 5) is 15.0. The third kappa shape index (κ3) is 2.16. The van der Waals surface area contributed by atoms with Crippen molar-refractivity contribution < 1.29 is 13.5 Å². The van der Waals surface area contributed by atoms with Gasteiger partial charge in [0.1, 0.15) is 12.4 Å². The van der Waals surface area contributed by atoms with Crippen LogP contribution in [0.4, 0.5) is 8.78 Å². The quantitative estimate of drug-likeness (QED) is 0.735. The first-order valence-corrected chi connectivity index (χ1v) is 8.36. The lowest BCUT2D eigenvalue weighted by Gasteiger charge is -2.37. The molecular weight excluding hydrogens is 326 g/mol. The van der Waals surface area contributed by atoms with Crippen LogP contribution in [0, 0.1) is 18.6 Å². The standard InChI is InChI=1S/C19H20F2N2O2/c1-9-5-12-11(7-22(9)3)8-25-18-15(12)13-6-14(20)10(2)16(21)17(13)23(4)19(18)24/h6,9H,5,7-8H2,1-4H3. The summed E-state index contributed by atoms with van der Waals surface area (Å²) in [7, 11) is 3.53. The van der Waals surface area contributed by atoms with E-state index in [0.29, 0.717) is 17.6 Å². The van der Waals surface area contributed by atoms with Crippen LogP contribution in [0.5, 0.6) is 5.75 Å². The maximum atomic E-state index is 14.8. The Morgan fingerprint density at radius 1 is 1.28 bits per heavy atom. The molecule has 0 spiro atoms. The zero-order valence-electron chi connectivity index (χ0n) is 14.7. The largest absolute Gasteiger partial charge is 0.483 e. The van der Waals surface area contributed by atoms with Gasteiger partial charge in [-0.1, -0.05) is 0 Å². The monoisotopic (exact) mass is 346 g/mol. The first-order chi connectivity index (χ1) is 11.8. The summed E-state index contributed by atoms with van der Waals surface area (Å²) in [5.74, 6) is -1.10. The lowest BCUT2D eigenvalue weighted by Crippen LogP contribution is -2.39. The summed E-state index contributed by atoms with van der Waals surface area (Å²) in [6.45, 7) is 4.56. The van der Waals surface area contributed by atoms with Crippen molar-refractivity contribution in [3.63, 3.8) is 0 Å². The van der Waals surface area contributed by atoms with Crippen molar-refractivity contribution in [1.29, 1.82) is 0 Å². The molecule has 2 aliphatic heterocycles. The second-order valence-electron chi connectivity index (χ2n) is 7.10. The molecule has 1 unspecified atom stereocenters. The SMILES string of the molecule is Cc1c(F)cc2c3c(c(=O)n(C)c2c1F)OCC1=C3CC(C)N(C)C1. The topological polar surface area (TPSA) is 34.5 Å². The Morgan fingerprint density at radius 3 is 2.72 bits per heavy atom. The van der Waals surface area contributed by atoms with Crippen LogP contribution in [0.3, 0.4) is 0 Å². The Morgan fingerprint density at radius 2 is 2.00 bits per heavy atom. The second kappa shape index (κ2) is 5.39. The molecule has 0 aliphatic carbocycles. The van der Waals surface area contributed by atoms with Crippen LogP contribution < -0.4 is 10.3 Å². The van der Waals surface area contributed by atoms with E-state index in [2.05, 4.69) is 11.8 Å². The molecule has 6 heteroatoms. The van der Waals surface area contributed by atoms with Crippen LogP contribution in [0.15, 0.2) is 16.4 Å². The molecule has 2 aliphatic rings. The van der Waals surface area contributed by atoms with Crippen molar-refractivity contribution in [3.8, 4) is 5.75 Å². The molecule has 0 amide bonds. The summed E-state index contributed by atoms with van der Waals surface area (Å²) in [6, 6.07) is 1.61. The molecule has 1 aromatic carbocycles. The lowest BCUT2D eigenvalue weighted by molar-refractivity contribution is 0.244. The van der Waals surface area contributed by atoms with E-state index in [1.54, 1.807) is 0 Å². The first kappa shape index (κ1) is 16.3. The van der Waals surface area contributed by atoms with Crippen molar-refractivity contribution in [2.45, 2.75) is 26.3 Å². The minimum atomic E-state index is -0.689. The van der Waals surface area contributed by atoms with Gasteiger partial charge in [-0.25, -0.2) is 8.78 Å². The maximum absolute atomic E-state index is 14.8. The fourth-order valence-electron chi connectivity index (χ4n) is 3.86. The van der Waals surface area contributed by atoms with Gasteiger partial charge in [-0.15, -0.1) is 0 Å². The van der Waals surface area contributed by atoms with Gasteiger partial charge in [-0.05, 0) is 44.5 Å². The average molecular weight is 346 g/mol. The zero-order valence-corrected chi connectivity index (χ0v) is 14.7. The molecule has 0 fully saturated rings. The highest BCUT2D eigenvalue weighted by Gasteiger charge is 2.32. The second-order valence-corrected chi connectivity index (χ2v) is 7.10. The zero-order chi connectivity index (χ0) is 18.0. The minimum Gasteiger partial charge on any atom is -0.483 e. The fraction of sp³-hybridized carbons (Fsp3) is 0.421. The van der Waals surface area contributed by atoms with Gasteiger partial charge >= 0.3 is 0 Å². The number of fused-ring (bicyclic) bond motifs is 4. The Hall–Kier alpha value is -2.21. The van der Waals surface area contributed by atoms with Crippen LogP contribution in [0.1, 0.15) is 24.5 Å². The van der Waals surface area contributed by atoms with Gasteiger partial charge in [0.15, 0.2) is 11.6 Å². The normalized spacial score (nSPS) is 20.5. The van der Waals surface area contributed by atoms with Crippen LogP contribution in [0.25, 0.3) is 16.5 Å². The van der Waals surface area contributed by atoms with E-state index >= 15 is 0 Å². The van der Waals surface area contributed by atoms with E-state index in [-0.39, 0.29) is 28.4 Å². The highest BCUT2D eigenvalue weighted by molar-refractivity contribution is 5.97. The van der Waals surface area contributed by atoms with Crippen molar-refractivity contribution >= 4 is 16.5 Å². The van der Waals surface area contributed by atoms with Gasteiger partial charge in [0.25, 0.3) is 5.56 Å². The van der Waals surface area contributed by atoms with Crippen LogP contribution in [0.2, 0.25) is 0 Å². The number of hydrogen-bond acceptors (Lipinski definition) is 3. The molecule has 1 aromatic heterocycles. The number of aryl methyl sites for hydroxylation is 1. The Labute approximate surface area is 144 Å². The Kier molecular flexibility index (Phi) is 3.51. The maximum Gasteiger partial charge on any atom is 0.293 e. The molecular formula is C19H20F2N2O2. The summed E-state index contributed by atoms with van der Waals surface area (Å²) >= 11 is 0. The Bertz CT molecular complexity index is 1010. The van der Waals surface area contributed by atoms with E-state index in [1.807, 2.05) is 7.05 Å². The number of likely N-dealkylation sites (N-methyl/N-ethyl adjacent to an activating group) is 1. The highest BCUT2D eigenvalue weighted by atomic mass is 19.1. The molecule has 4 rings (SSSR count). The van der Waals surface area contributed by atoms with E-state index in [4.69, 9.17) is 4.74 Å². The molecule has 132 valence electrons. The van der Waals surface area contributed by atoms with Gasteiger partial charge in [-0.3, -0.25) is 9.69 Å². The fourth-order valence-corrected chi connectivity index (χ4v) is 3.86. The summed E-state index contributed by atoms with van der Waals surface area (Å²) in [6.07, 6.45) is 0.724. The summed E-state index contributed by atoms with van der Waals surface area (Å²) < 4.78 is 36.0. The highest BCUT2D eigenvalue weighted by Crippen LogP contribution is 2.42. The Balaban J connectivity index is 2.15. The molecule has 0 saturated carbocycles. The van der Waals surface area contributed by atoms with Crippen molar-refractivity contribution in [2.75, 3.05) is 20.2 Å². The van der Waals surface area contributed by atoms with Crippen LogP contribution in [-0.4, -0.2) is 35.7 Å². The third-order valence-corrected chi connectivity index (χ3v) is 5.56. The average Bonchev–Trinajstić information content (AvgIpc) is 2.57. The van der Waals surface area contributed by atoms with Crippen molar-refractivity contribution in [2.24, 2.45) is 7.05 Å². The van der Waals surface area contributed by atoms with Crippen molar-refractivity contribution in [1.82, 2.24) is 9.47 Å². The first-order valence-electron chi connectivity index (χ1n) is 8.36. The van der Waals surface area contributed by atoms with Crippen LogP contribution >= 0.6 is 0 Å².